The summed E-state index contributed by atoms with van der Waals surface area (Å²) >= 11 is 14.9. The van der Waals surface area contributed by atoms with Crippen LogP contribution in [0.4, 0.5) is 0 Å². The Bertz CT molecular complexity index is 815. The van der Waals surface area contributed by atoms with Gasteiger partial charge in [-0.25, -0.2) is 0 Å². The molecule has 0 unspecified atom stereocenters. The van der Waals surface area contributed by atoms with Gasteiger partial charge in [0.2, 0.25) is 0 Å². The SMILES string of the molecule is Cc1c(Br)c(-c2ccccc2Br)cc(-c2ccccc2Br)c1Br. The summed E-state index contributed by atoms with van der Waals surface area (Å²) in [6.45, 7) is 2.12. The van der Waals surface area contributed by atoms with Crippen LogP contribution in [0.1, 0.15) is 5.56 Å². The Morgan fingerprint density at radius 3 is 1.35 bits per heavy atom. The summed E-state index contributed by atoms with van der Waals surface area (Å²) < 4.78 is 4.38. The van der Waals surface area contributed by atoms with Crippen molar-refractivity contribution in [2.24, 2.45) is 0 Å². The third kappa shape index (κ3) is 3.37. The molecule has 0 N–H and O–H groups in total. The quantitative estimate of drug-likeness (QED) is 0.296. The van der Waals surface area contributed by atoms with Crippen LogP contribution in [0, 0.1) is 6.92 Å². The molecule has 3 aromatic rings. The lowest BCUT2D eigenvalue weighted by molar-refractivity contribution is 1.38. The van der Waals surface area contributed by atoms with Gasteiger partial charge in [0, 0.05) is 17.9 Å². The first-order chi connectivity index (χ1) is 11.0. The fourth-order valence-electron chi connectivity index (χ4n) is 2.52. The van der Waals surface area contributed by atoms with Gasteiger partial charge in [0.1, 0.15) is 0 Å². The first-order valence-corrected chi connectivity index (χ1v) is 10.2. The number of hydrogen-bond acceptors (Lipinski definition) is 0. The van der Waals surface area contributed by atoms with Crippen LogP contribution in [0.3, 0.4) is 0 Å². The lowest BCUT2D eigenvalue weighted by Gasteiger charge is -2.16. The minimum atomic E-state index is 1.08. The average Bonchev–Trinajstić information content (AvgIpc) is 2.55. The van der Waals surface area contributed by atoms with Gasteiger partial charge in [0.05, 0.1) is 0 Å². The predicted molar refractivity (Wildman–Crippen MR) is 113 cm³/mol. The van der Waals surface area contributed by atoms with Gasteiger partial charge >= 0.3 is 0 Å². The molecule has 0 radical (unpaired) electrons. The molecule has 0 amide bonds. The molecular weight excluding hydrogens is 548 g/mol. The summed E-state index contributed by atoms with van der Waals surface area (Å²) in [5.41, 5.74) is 5.86. The third-order valence-electron chi connectivity index (χ3n) is 3.75. The van der Waals surface area contributed by atoms with Crippen molar-refractivity contribution in [1.29, 1.82) is 0 Å². The van der Waals surface area contributed by atoms with E-state index in [1.54, 1.807) is 0 Å². The zero-order chi connectivity index (χ0) is 16.6. The summed E-state index contributed by atoms with van der Waals surface area (Å²) in [7, 11) is 0. The van der Waals surface area contributed by atoms with Crippen LogP contribution >= 0.6 is 63.7 Å². The molecule has 0 heterocycles. The van der Waals surface area contributed by atoms with E-state index in [-0.39, 0.29) is 0 Å². The minimum absolute atomic E-state index is 1.08. The standard InChI is InChI=1S/C19H12Br4/c1-11-18(22)14(12-6-2-4-8-16(12)20)10-15(19(11)23)13-7-3-5-9-17(13)21/h2-10H,1H3. The zero-order valence-electron chi connectivity index (χ0n) is 12.2. The number of rotatable bonds is 2. The summed E-state index contributed by atoms with van der Waals surface area (Å²) in [6.07, 6.45) is 0. The van der Waals surface area contributed by atoms with Crippen molar-refractivity contribution in [3.8, 4) is 22.3 Å². The van der Waals surface area contributed by atoms with Crippen molar-refractivity contribution < 1.29 is 0 Å². The molecule has 0 atom stereocenters. The summed E-state index contributed by atoms with van der Waals surface area (Å²) in [5.74, 6) is 0. The van der Waals surface area contributed by atoms with E-state index >= 15 is 0 Å². The Balaban J connectivity index is 2.32. The van der Waals surface area contributed by atoms with Gasteiger partial charge in [0.25, 0.3) is 0 Å². The molecule has 0 spiro atoms. The Morgan fingerprint density at radius 2 is 0.957 bits per heavy atom. The second kappa shape index (κ2) is 7.22. The van der Waals surface area contributed by atoms with Crippen molar-refractivity contribution in [3.05, 3.63) is 78.1 Å². The first kappa shape index (κ1) is 17.4. The Morgan fingerprint density at radius 1 is 0.565 bits per heavy atom. The molecule has 0 aliphatic rings. The molecular formula is C19H12Br4. The molecule has 0 saturated carbocycles. The predicted octanol–water partition coefficient (Wildman–Crippen LogP) is 8.38. The normalized spacial score (nSPS) is 10.8. The molecule has 4 heteroatoms. The van der Waals surface area contributed by atoms with Crippen LogP contribution in [0.15, 0.2) is 72.5 Å². The lowest BCUT2D eigenvalue weighted by atomic mass is 9.96. The van der Waals surface area contributed by atoms with Crippen LogP contribution in [-0.2, 0) is 0 Å². The highest BCUT2D eigenvalue weighted by molar-refractivity contribution is 9.11. The van der Waals surface area contributed by atoms with Gasteiger partial charge in [0.15, 0.2) is 0 Å². The molecule has 3 aromatic carbocycles. The highest BCUT2D eigenvalue weighted by atomic mass is 79.9. The summed E-state index contributed by atoms with van der Waals surface area (Å²) in [6, 6.07) is 18.8. The van der Waals surface area contributed by atoms with Gasteiger partial charge < -0.3 is 0 Å². The smallest absolute Gasteiger partial charge is 0.0295 e. The maximum absolute atomic E-state index is 3.76. The van der Waals surface area contributed by atoms with E-state index in [0.717, 1.165) is 17.9 Å². The minimum Gasteiger partial charge on any atom is -0.0616 e. The van der Waals surface area contributed by atoms with E-state index in [1.807, 2.05) is 12.1 Å². The molecule has 3 rings (SSSR count). The van der Waals surface area contributed by atoms with E-state index in [9.17, 15) is 0 Å². The van der Waals surface area contributed by atoms with Crippen LogP contribution < -0.4 is 0 Å². The molecule has 0 saturated heterocycles. The fraction of sp³-hybridized carbons (Fsp3) is 0.0526. The van der Waals surface area contributed by atoms with Crippen molar-refractivity contribution in [1.82, 2.24) is 0 Å². The molecule has 116 valence electrons. The van der Waals surface area contributed by atoms with E-state index < -0.39 is 0 Å². The molecule has 0 aliphatic heterocycles. The molecule has 0 bridgehead atoms. The van der Waals surface area contributed by atoms with Crippen molar-refractivity contribution >= 4 is 63.7 Å². The lowest BCUT2D eigenvalue weighted by Crippen LogP contribution is -1.91. The van der Waals surface area contributed by atoms with Gasteiger partial charge in [-0.15, -0.1) is 0 Å². The van der Waals surface area contributed by atoms with E-state index in [4.69, 9.17) is 0 Å². The largest absolute Gasteiger partial charge is 0.0616 e. The van der Waals surface area contributed by atoms with Gasteiger partial charge in [-0.05, 0) is 84.8 Å². The maximum atomic E-state index is 3.76. The van der Waals surface area contributed by atoms with Crippen molar-refractivity contribution in [2.75, 3.05) is 0 Å². The number of benzene rings is 3. The molecule has 0 aromatic heterocycles. The van der Waals surface area contributed by atoms with Crippen LogP contribution in [-0.4, -0.2) is 0 Å². The highest BCUT2D eigenvalue weighted by Gasteiger charge is 2.17. The zero-order valence-corrected chi connectivity index (χ0v) is 18.6. The van der Waals surface area contributed by atoms with Gasteiger partial charge in [-0.1, -0.05) is 68.3 Å². The summed E-state index contributed by atoms with van der Waals surface area (Å²) in [5, 5.41) is 0. The van der Waals surface area contributed by atoms with Crippen molar-refractivity contribution in [2.45, 2.75) is 6.92 Å². The molecule has 0 fully saturated rings. The monoisotopic (exact) mass is 556 g/mol. The highest BCUT2D eigenvalue weighted by Crippen LogP contribution is 2.44. The Kier molecular flexibility index (Phi) is 5.46. The molecule has 0 nitrogen and oxygen atoms in total. The van der Waals surface area contributed by atoms with Crippen LogP contribution in [0.25, 0.3) is 22.3 Å². The topological polar surface area (TPSA) is 0 Å². The molecule has 0 aliphatic carbocycles. The van der Waals surface area contributed by atoms with E-state index in [0.29, 0.717) is 0 Å². The molecule has 23 heavy (non-hydrogen) atoms. The second-order valence-electron chi connectivity index (χ2n) is 5.18. The first-order valence-electron chi connectivity index (χ1n) is 6.99. The third-order valence-corrected chi connectivity index (χ3v) is 7.17. The van der Waals surface area contributed by atoms with E-state index in [2.05, 4.69) is 113 Å². The maximum Gasteiger partial charge on any atom is 0.0295 e. The van der Waals surface area contributed by atoms with Crippen LogP contribution in [0.5, 0.6) is 0 Å². The van der Waals surface area contributed by atoms with Gasteiger partial charge in [-0.3, -0.25) is 0 Å². The number of hydrogen-bond donors (Lipinski definition) is 0. The Hall–Kier alpha value is -0.420. The van der Waals surface area contributed by atoms with Crippen LogP contribution in [0.2, 0.25) is 0 Å². The van der Waals surface area contributed by atoms with Gasteiger partial charge in [-0.2, -0.15) is 0 Å². The average molecular weight is 560 g/mol. The van der Waals surface area contributed by atoms with Crippen molar-refractivity contribution in [3.63, 3.8) is 0 Å². The van der Waals surface area contributed by atoms with E-state index in [1.165, 1.54) is 27.8 Å². The summed E-state index contributed by atoms with van der Waals surface area (Å²) in [4.78, 5) is 0. The Labute approximate surface area is 169 Å². The fourth-order valence-corrected chi connectivity index (χ4v) is 4.84. The second-order valence-corrected chi connectivity index (χ2v) is 8.48. The number of halogens is 4.